The topological polar surface area (TPSA) is 126 Å². The highest BCUT2D eigenvalue weighted by atomic mass is 16.6. The SMILES string of the molecule is CCCNc1ncc([N+](=O)[O-])cc1C(=O)Nc1ncc[nH]1. The van der Waals surface area contributed by atoms with Gasteiger partial charge in [0.05, 0.1) is 10.5 Å². The maximum atomic E-state index is 12.2. The van der Waals surface area contributed by atoms with E-state index >= 15 is 0 Å². The molecule has 3 N–H and O–H groups in total. The van der Waals surface area contributed by atoms with Crippen molar-refractivity contribution in [2.45, 2.75) is 13.3 Å². The molecule has 0 saturated carbocycles. The third-order valence-corrected chi connectivity index (χ3v) is 2.60. The second kappa shape index (κ2) is 6.46. The molecule has 2 aromatic rings. The summed E-state index contributed by atoms with van der Waals surface area (Å²) >= 11 is 0. The minimum Gasteiger partial charge on any atom is -0.369 e. The van der Waals surface area contributed by atoms with Crippen molar-refractivity contribution in [2.24, 2.45) is 0 Å². The predicted molar refractivity (Wildman–Crippen MR) is 76.2 cm³/mol. The molecule has 2 heterocycles. The van der Waals surface area contributed by atoms with Crippen molar-refractivity contribution >= 4 is 23.4 Å². The number of aromatic nitrogens is 3. The number of aromatic amines is 1. The number of hydrogen-bond donors (Lipinski definition) is 3. The van der Waals surface area contributed by atoms with Crippen LogP contribution >= 0.6 is 0 Å². The summed E-state index contributed by atoms with van der Waals surface area (Å²) in [6, 6.07) is 1.18. The summed E-state index contributed by atoms with van der Waals surface area (Å²) in [5, 5.41) is 16.3. The van der Waals surface area contributed by atoms with Crippen molar-refractivity contribution in [1.29, 1.82) is 0 Å². The quantitative estimate of drug-likeness (QED) is 0.550. The Hall–Kier alpha value is -2.97. The van der Waals surface area contributed by atoms with E-state index in [1.165, 1.54) is 12.3 Å². The summed E-state index contributed by atoms with van der Waals surface area (Å²) in [4.78, 5) is 32.9. The molecule has 1 amide bonds. The number of H-pyrrole nitrogens is 1. The Morgan fingerprint density at radius 2 is 2.29 bits per heavy atom. The summed E-state index contributed by atoms with van der Waals surface area (Å²) in [7, 11) is 0. The number of carbonyl (C=O) groups excluding carboxylic acids is 1. The van der Waals surface area contributed by atoms with Gasteiger partial charge in [-0.05, 0) is 6.42 Å². The van der Waals surface area contributed by atoms with Gasteiger partial charge in [0.2, 0.25) is 5.95 Å². The number of carbonyl (C=O) groups is 1. The van der Waals surface area contributed by atoms with Gasteiger partial charge in [0.1, 0.15) is 12.0 Å². The highest BCUT2D eigenvalue weighted by molar-refractivity contribution is 6.07. The van der Waals surface area contributed by atoms with Gasteiger partial charge in [0.15, 0.2) is 0 Å². The fourth-order valence-corrected chi connectivity index (χ4v) is 1.62. The average molecular weight is 290 g/mol. The van der Waals surface area contributed by atoms with Gasteiger partial charge in [0.25, 0.3) is 11.6 Å². The van der Waals surface area contributed by atoms with E-state index < -0.39 is 10.8 Å². The van der Waals surface area contributed by atoms with Crippen molar-refractivity contribution in [3.8, 4) is 0 Å². The second-order valence-electron chi connectivity index (χ2n) is 4.17. The molecule has 2 rings (SSSR count). The van der Waals surface area contributed by atoms with E-state index in [4.69, 9.17) is 0 Å². The Balaban J connectivity index is 2.30. The molecule has 0 fully saturated rings. The molecule has 0 saturated heterocycles. The van der Waals surface area contributed by atoms with Crippen LogP contribution in [-0.2, 0) is 0 Å². The number of nitro groups is 1. The van der Waals surface area contributed by atoms with Crippen LogP contribution in [0.5, 0.6) is 0 Å². The Labute approximate surface area is 120 Å². The molecule has 9 heteroatoms. The molecule has 0 aliphatic heterocycles. The van der Waals surface area contributed by atoms with E-state index in [9.17, 15) is 14.9 Å². The fraction of sp³-hybridized carbons (Fsp3) is 0.250. The molecule has 2 aromatic heterocycles. The zero-order valence-electron chi connectivity index (χ0n) is 11.3. The summed E-state index contributed by atoms with van der Waals surface area (Å²) in [5.41, 5.74) is -0.157. The normalized spacial score (nSPS) is 10.1. The number of imidazole rings is 1. The van der Waals surface area contributed by atoms with Gasteiger partial charge < -0.3 is 10.3 Å². The molecule has 0 spiro atoms. The number of rotatable bonds is 6. The molecule has 0 aliphatic rings. The van der Waals surface area contributed by atoms with Gasteiger partial charge in [-0.3, -0.25) is 20.2 Å². The molecule has 0 bridgehead atoms. The van der Waals surface area contributed by atoms with Gasteiger partial charge in [-0.25, -0.2) is 9.97 Å². The van der Waals surface area contributed by atoms with E-state index in [1.807, 2.05) is 6.92 Å². The lowest BCUT2D eigenvalue weighted by atomic mass is 10.2. The van der Waals surface area contributed by atoms with Crippen LogP contribution in [0.3, 0.4) is 0 Å². The van der Waals surface area contributed by atoms with Gasteiger partial charge in [-0.2, -0.15) is 0 Å². The predicted octanol–water partition coefficient (Wildman–Crippen LogP) is 1.79. The lowest BCUT2D eigenvalue weighted by molar-refractivity contribution is -0.385. The van der Waals surface area contributed by atoms with E-state index in [-0.39, 0.29) is 17.2 Å². The van der Waals surface area contributed by atoms with E-state index in [2.05, 4.69) is 25.6 Å². The highest BCUT2D eigenvalue weighted by Crippen LogP contribution is 2.20. The van der Waals surface area contributed by atoms with Crippen molar-refractivity contribution < 1.29 is 9.72 Å². The molecule has 21 heavy (non-hydrogen) atoms. The summed E-state index contributed by atoms with van der Waals surface area (Å²) in [6.07, 6.45) is 4.98. The lowest BCUT2D eigenvalue weighted by Crippen LogP contribution is -2.17. The number of nitrogens with one attached hydrogen (secondary N) is 3. The zero-order chi connectivity index (χ0) is 15.2. The average Bonchev–Trinajstić information content (AvgIpc) is 2.97. The molecule has 110 valence electrons. The molecule has 0 aliphatic carbocycles. The van der Waals surface area contributed by atoms with Crippen molar-refractivity contribution in [3.63, 3.8) is 0 Å². The minimum absolute atomic E-state index is 0.0917. The fourth-order valence-electron chi connectivity index (χ4n) is 1.62. The van der Waals surface area contributed by atoms with Crippen LogP contribution in [0, 0.1) is 10.1 Å². The molecular formula is C12H14N6O3. The Morgan fingerprint density at radius 3 is 2.90 bits per heavy atom. The van der Waals surface area contributed by atoms with Gasteiger partial charge >= 0.3 is 0 Å². The lowest BCUT2D eigenvalue weighted by Gasteiger charge is -2.09. The highest BCUT2D eigenvalue weighted by Gasteiger charge is 2.18. The first-order valence-electron chi connectivity index (χ1n) is 6.31. The van der Waals surface area contributed by atoms with Gasteiger partial charge in [-0.15, -0.1) is 0 Å². The first-order chi connectivity index (χ1) is 10.1. The molecule has 0 atom stereocenters. The third kappa shape index (κ3) is 3.53. The molecular weight excluding hydrogens is 276 g/mol. The Morgan fingerprint density at radius 1 is 1.48 bits per heavy atom. The molecule has 9 nitrogen and oxygen atoms in total. The molecule has 0 aromatic carbocycles. The zero-order valence-corrected chi connectivity index (χ0v) is 11.3. The van der Waals surface area contributed by atoms with E-state index in [1.54, 1.807) is 6.20 Å². The van der Waals surface area contributed by atoms with E-state index in [0.717, 1.165) is 12.6 Å². The molecule has 0 radical (unpaired) electrons. The summed E-state index contributed by atoms with van der Waals surface area (Å²) in [5.74, 6) is 0.0270. The van der Waals surface area contributed by atoms with Gasteiger partial charge in [-0.1, -0.05) is 6.92 Å². The smallest absolute Gasteiger partial charge is 0.288 e. The summed E-state index contributed by atoms with van der Waals surface area (Å²) < 4.78 is 0. The van der Waals surface area contributed by atoms with Gasteiger partial charge in [0, 0.05) is 25.0 Å². The van der Waals surface area contributed by atoms with Crippen LogP contribution in [0.4, 0.5) is 17.5 Å². The van der Waals surface area contributed by atoms with Crippen LogP contribution in [0.25, 0.3) is 0 Å². The maximum absolute atomic E-state index is 12.2. The van der Waals surface area contributed by atoms with Crippen LogP contribution < -0.4 is 10.6 Å². The van der Waals surface area contributed by atoms with Crippen LogP contribution in [0.1, 0.15) is 23.7 Å². The second-order valence-corrected chi connectivity index (χ2v) is 4.17. The number of nitrogens with zero attached hydrogens (tertiary/aromatic N) is 3. The van der Waals surface area contributed by atoms with Crippen LogP contribution in [0.15, 0.2) is 24.7 Å². The van der Waals surface area contributed by atoms with Crippen LogP contribution in [-0.4, -0.2) is 32.3 Å². The summed E-state index contributed by atoms with van der Waals surface area (Å²) in [6.45, 7) is 2.56. The Bertz CT molecular complexity index is 640. The van der Waals surface area contributed by atoms with Crippen LogP contribution in [0.2, 0.25) is 0 Å². The maximum Gasteiger partial charge on any atom is 0.288 e. The minimum atomic E-state index is -0.597. The van der Waals surface area contributed by atoms with E-state index in [0.29, 0.717) is 12.4 Å². The Kier molecular flexibility index (Phi) is 4.44. The van der Waals surface area contributed by atoms with Crippen molar-refractivity contribution in [3.05, 3.63) is 40.3 Å². The number of hydrogen-bond acceptors (Lipinski definition) is 6. The monoisotopic (exact) mass is 290 g/mol. The van der Waals surface area contributed by atoms with Crippen molar-refractivity contribution in [2.75, 3.05) is 17.2 Å². The third-order valence-electron chi connectivity index (χ3n) is 2.60. The molecule has 0 unspecified atom stereocenters. The number of amides is 1. The van der Waals surface area contributed by atoms with Crippen molar-refractivity contribution in [1.82, 2.24) is 15.0 Å². The first-order valence-corrected chi connectivity index (χ1v) is 6.31. The number of pyridine rings is 1. The number of anilines is 2. The first kappa shape index (κ1) is 14.4. The standard InChI is InChI=1S/C12H14N6O3/c1-2-3-13-10-9(6-8(7-16-10)18(20)21)11(19)17-12-14-4-5-15-12/h4-7H,2-3H2,1H3,(H,13,16)(H2,14,15,17,19). The largest absolute Gasteiger partial charge is 0.369 e.